The maximum atomic E-state index is 12.5. The van der Waals surface area contributed by atoms with Crippen LogP contribution in [0, 0.1) is 5.41 Å². The predicted molar refractivity (Wildman–Crippen MR) is 91.6 cm³/mol. The Morgan fingerprint density at radius 1 is 1.26 bits per heavy atom. The van der Waals surface area contributed by atoms with Crippen molar-refractivity contribution in [2.75, 3.05) is 32.1 Å². The van der Waals surface area contributed by atoms with Crippen molar-refractivity contribution >= 4 is 23.2 Å². The van der Waals surface area contributed by atoms with Crippen LogP contribution in [0.25, 0.3) is 5.65 Å². The number of rotatable bonds is 4. The van der Waals surface area contributed by atoms with Crippen LogP contribution in [0.4, 0.5) is 0 Å². The normalized spacial score (nSPS) is 16.9. The summed E-state index contributed by atoms with van der Waals surface area (Å²) in [5.74, 6) is 0.510. The molecule has 1 aliphatic rings. The summed E-state index contributed by atoms with van der Waals surface area (Å²) in [5.41, 5.74) is 1.67. The SMILES string of the molecule is CC(C)(CCl)C(=O)N1CCN(Cc2cnc3ccccn23)CC1. The van der Waals surface area contributed by atoms with Gasteiger partial charge in [-0.2, -0.15) is 0 Å². The molecule has 5 nitrogen and oxygen atoms in total. The number of halogens is 1. The van der Waals surface area contributed by atoms with E-state index in [2.05, 4.69) is 14.3 Å². The molecule has 6 heteroatoms. The van der Waals surface area contributed by atoms with E-state index in [0.29, 0.717) is 5.88 Å². The Bertz CT molecular complexity index is 689. The van der Waals surface area contributed by atoms with Crippen molar-refractivity contribution in [3.63, 3.8) is 0 Å². The van der Waals surface area contributed by atoms with Gasteiger partial charge in [-0.05, 0) is 26.0 Å². The summed E-state index contributed by atoms with van der Waals surface area (Å²) in [7, 11) is 0. The zero-order valence-electron chi connectivity index (χ0n) is 13.7. The maximum absolute atomic E-state index is 12.5. The predicted octanol–water partition coefficient (Wildman–Crippen LogP) is 2.24. The maximum Gasteiger partial charge on any atom is 0.229 e. The molecular formula is C17H23ClN4O. The molecule has 23 heavy (non-hydrogen) atoms. The molecule has 2 aromatic heterocycles. The van der Waals surface area contributed by atoms with Gasteiger partial charge >= 0.3 is 0 Å². The molecule has 0 spiro atoms. The van der Waals surface area contributed by atoms with Crippen LogP contribution < -0.4 is 0 Å². The highest BCUT2D eigenvalue weighted by Crippen LogP contribution is 2.22. The van der Waals surface area contributed by atoms with Crippen LogP contribution in [0.5, 0.6) is 0 Å². The molecule has 3 rings (SSSR count). The van der Waals surface area contributed by atoms with Gasteiger partial charge in [-0.25, -0.2) is 4.98 Å². The topological polar surface area (TPSA) is 40.9 Å². The number of alkyl halides is 1. The number of imidazole rings is 1. The van der Waals surface area contributed by atoms with Crippen LogP contribution in [-0.4, -0.2) is 57.2 Å². The van der Waals surface area contributed by atoms with E-state index in [1.165, 1.54) is 5.69 Å². The van der Waals surface area contributed by atoms with E-state index >= 15 is 0 Å². The van der Waals surface area contributed by atoms with E-state index in [0.717, 1.165) is 38.4 Å². The monoisotopic (exact) mass is 334 g/mol. The van der Waals surface area contributed by atoms with Crippen LogP contribution in [0.2, 0.25) is 0 Å². The number of piperazine rings is 1. The Balaban J connectivity index is 1.60. The third kappa shape index (κ3) is 3.35. The van der Waals surface area contributed by atoms with Crippen LogP contribution >= 0.6 is 11.6 Å². The highest BCUT2D eigenvalue weighted by atomic mass is 35.5. The van der Waals surface area contributed by atoms with Gasteiger partial charge in [0.2, 0.25) is 5.91 Å². The summed E-state index contributed by atoms with van der Waals surface area (Å²) in [6.07, 6.45) is 3.98. The molecule has 0 aliphatic carbocycles. The zero-order valence-corrected chi connectivity index (χ0v) is 14.5. The second-order valence-electron chi connectivity index (χ2n) is 6.76. The van der Waals surface area contributed by atoms with Gasteiger partial charge in [-0.15, -0.1) is 11.6 Å². The van der Waals surface area contributed by atoms with Crippen LogP contribution in [0.3, 0.4) is 0 Å². The number of carbonyl (C=O) groups is 1. The second kappa shape index (κ2) is 6.49. The number of fused-ring (bicyclic) bond motifs is 1. The molecule has 0 unspecified atom stereocenters. The fourth-order valence-corrected chi connectivity index (χ4v) is 3.04. The molecule has 0 N–H and O–H groups in total. The Morgan fingerprint density at radius 2 is 2.00 bits per heavy atom. The fraction of sp³-hybridized carbons (Fsp3) is 0.529. The van der Waals surface area contributed by atoms with Crippen LogP contribution in [-0.2, 0) is 11.3 Å². The van der Waals surface area contributed by atoms with Gasteiger partial charge < -0.3 is 9.30 Å². The molecule has 124 valence electrons. The number of nitrogens with zero attached hydrogens (tertiary/aromatic N) is 4. The first kappa shape index (κ1) is 16.3. The first-order chi connectivity index (χ1) is 11.0. The lowest BCUT2D eigenvalue weighted by molar-refractivity contribution is -0.141. The molecule has 0 bridgehead atoms. The van der Waals surface area contributed by atoms with Crippen molar-refractivity contribution in [1.29, 1.82) is 0 Å². The highest BCUT2D eigenvalue weighted by Gasteiger charge is 2.32. The van der Waals surface area contributed by atoms with Gasteiger partial charge in [-0.3, -0.25) is 9.69 Å². The molecule has 1 fully saturated rings. The first-order valence-corrected chi connectivity index (χ1v) is 8.53. The lowest BCUT2D eigenvalue weighted by Gasteiger charge is -2.38. The minimum absolute atomic E-state index is 0.155. The Hall–Kier alpha value is -1.59. The largest absolute Gasteiger partial charge is 0.340 e. The second-order valence-corrected chi connectivity index (χ2v) is 7.03. The van der Waals surface area contributed by atoms with Gasteiger partial charge in [-0.1, -0.05) is 6.07 Å². The lowest BCUT2D eigenvalue weighted by atomic mass is 9.94. The van der Waals surface area contributed by atoms with E-state index in [-0.39, 0.29) is 5.91 Å². The Morgan fingerprint density at radius 3 is 2.70 bits per heavy atom. The standard InChI is InChI=1S/C17H23ClN4O/c1-17(2,13-18)16(23)21-9-7-20(8-10-21)12-14-11-19-15-5-3-4-6-22(14)15/h3-6,11H,7-10,12-13H2,1-2H3. The zero-order chi connectivity index (χ0) is 16.4. The van der Waals surface area contributed by atoms with E-state index in [4.69, 9.17) is 11.6 Å². The highest BCUT2D eigenvalue weighted by molar-refractivity contribution is 6.19. The smallest absolute Gasteiger partial charge is 0.229 e. The number of hydrogen-bond acceptors (Lipinski definition) is 3. The molecule has 3 heterocycles. The summed E-state index contributed by atoms with van der Waals surface area (Å²) in [4.78, 5) is 21.2. The minimum Gasteiger partial charge on any atom is -0.340 e. The van der Waals surface area contributed by atoms with Gasteiger partial charge in [0.05, 0.1) is 17.3 Å². The number of aromatic nitrogens is 2. The summed E-state index contributed by atoms with van der Waals surface area (Å²) in [6, 6.07) is 6.02. The molecule has 1 aliphatic heterocycles. The average molecular weight is 335 g/mol. The molecule has 0 radical (unpaired) electrons. The van der Waals surface area contributed by atoms with E-state index in [1.54, 1.807) is 0 Å². The van der Waals surface area contributed by atoms with Crippen molar-refractivity contribution < 1.29 is 4.79 Å². The van der Waals surface area contributed by atoms with Crippen LogP contribution in [0.1, 0.15) is 19.5 Å². The van der Waals surface area contributed by atoms with E-state index in [9.17, 15) is 4.79 Å². The van der Waals surface area contributed by atoms with Gasteiger partial charge in [0.15, 0.2) is 0 Å². The van der Waals surface area contributed by atoms with Crippen molar-refractivity contribution in [2.45, 2.75) is 20.4 Å². The molecule has 1 saturated heterocycles. The Labute approximate surface area is 141 Å². The molecule has 1 amide bonds. The van der Waals surface area contributed by atoms with E-state index < -0.39 is 5.41 Å². The van der Waals surface area contributed by atoms with Crippen molar-refractivity contribution in [1.82, 2.24) is 19.2 Å². The van der Waals surface area contributed by atoms with Crippen molar-refractivity contribution in [3.05, 3.63) is 36.3 Å². The molecule has 0 atom stereocenters. The summed E-state index contributed by atoms with van der Waals surface area (Å²) < 4.78 is 2.12. The van der Waals surface area contributed by atoms with E-state index in [1.807, 2.05) is 49.3 Å². The average Bonchev–Trinajstić information content (AvgIpc) is 2.98. The molecule has 0 aromatic carbocycles. The van der Waals surface area contributed by atoms with Gasteiger partial charge in [0.1, 0.15) is 5.65 Å². The summed E-state index contributed by atoms with van der Waals surface area (Å²) in [5, 5.41) is 0. The van der Waals surface area contributed by atoms with Crippen molar-refractivity contribution in [3.8, 4) is 0 Å². The quantitative estimate of drug-likeness (QED) is 0.805. The molecule has 0 saturated carbocycles. The Kier molecular flexibility index (Phi) is 4.60. The van der Waals surface area contributed by atoms with Gasteiger partial charge in [0.25, 0.3) is 0 Å². The first-order valence-electron chi connectivity index (χ1n) is 8.00. The molecule has 2 aromatic rings. The lowest BCUT2D eigenvalue weighted by Crippen LogP contribution is -2.52. The number of pyridine rings is 1. The summed E-state index contributed by atoms with van der Waals surface area (Å²) >= 11 is 5.92. The minimum atomic E-state index is -0.481. The fourth-order valence-electron chi connectivity index (χ4n) is 2.93. The van der Waals surface area contributed by atoms with Crippen molar-refractivity contribution in [2.24, 2.45) is 5.41 Å². The summed E-state index contributed by atoms with van der Waals surface area (Å²) in [6.45, 7) is 7.95. The third-order valence-corrected chi connectivity index (χ3v) is 5.12. The number of amides is 1. The van der Waals surface area contributed by atoms with Gasteiger partial charge in [0, 0.05) is 44.8 Å². The molecular weight excluding hydrogens is 312 g/mol. The number of hydrogen-bond donors (Lipinski definition) is 0. The third-order valence-electron chi connectivity index (χ3n) is 4.45. The number of carbonyl (C=O) groups excluding carboxylic acids is 1. The van der Waals surface area contributed by atoms with Crippen LogP contribution in [0.15, 0.2) is 30.6 Å².